The van der Waals surface area contributed by atoms with Gasteiger partial charge in [0.25, 0.3) is 5.91 Å². The van der Waals surface area contributed by atoms with Crippen LogP contribution >= 0.6 is 0 Å². The van der Waals surface area contributed by atoms with Crippen LogP contribution in [-0.2, 0) is 21.4 Å². The van der Waals surface area contributed by atoms with Gasteiger partial charge in [0.05, 0.1) is 6.07 Å². The minimum absolute atomic E-state index is 0.0745. The van der Waals surface area contributed by atoms with Crippen LogP contribution in [0.1, 0.15) is 36.0 Å². The molecule has 2 heterocycles. The second-order valence-electron chi connectivity index (χ2n) is 10.2. The van der Waals surface area contributed by atoms with Crippen LogP contribution in [0, 0.1) is 17.1 Å². The number of ether oxygens (including phenoxy) is 1. The number of nitrogens with zero attached hydrogens (tertiary/aromatic N) is 2. The maximum Gasteiger partial charge on any atom is 0.251 e. The molecule has 7 heteroatoms. The second-order valence-corrected chi connectivity index (χ2v) is 10.2. The molecule has 36 heavy (non-hydrogen) atoms. The second kappa shape index (κ2) is 10.5. The topological polar surface area (TPSA) is 77.4 Å². The summed E-state index contributed by atoms with van der Waals surface area (Å²) in [6.45, 7) is 3.83. The molecule has 2 aromatic carbocycles. The van der Waals surface area contributed by atoms with Gasteiger partial charge in [-0.05, 0) is 85.9 Å². The Bertz CT molecular complexity index is 1190. The molecule has 6 nitrogen and oxygen atoms in total. The first-order valence-corrected chi connectivity index (χ1v) is 12.8. The summed E-state index contributed by atoms with van der Waals surface area (Å²) in [5, 5.41) is 15.4. The predicted molar refractivity (Wildman–Crippen MR) is 138 cm³/mol. The molecule has 0 aromatic heterocycles. The summed E-state index contributed by atoms with van der Waals surface area (Å²) in [5.41, 5.74) is 4.86. The van der Waals surface area contributed by atoms with Crippen molar-refractivity contribution in [2.75, 3.05) is 39.8 Å². The lowest BCUT2D eigenvalue weighted by atomic mass is 9.74. The number of rotatable bonds is 5. The zero-order chi connectivity index (χ0) is 25.1. The Morgan fingerprint density at radius 3 is 2.83 bits per heavy atom. The number of benzene rings is 2. The fraction of sp³-hybridized carbons (Fsp3) is 0.448. The fourth-order valence-corrected chi connectivity index (χ4v) is 5.49. The van der Waals surface area contributed by atoms with Crippen molar-refractivity contribution in [3.63, 3.8) is 0 Å². The van der Waals surface area contributed by atoms with Gasteiger partial charge in [-0.1, -0.05) is 36.4 Å². The van der Waals surface area contributed by atoms with E-state index < -0.39 is 12.1 Å². The number of halogens is 1. The maximum absolute atomic E-state index is 15.2. The molecule has 1 amide bonds. The Balaban J connectivity index is 1.29. The monoisotopic (exact) mass is 488 g/mol. The van der Waals surface area contributed by atoms with E-state index in [0.717, 1.165) is 50.0 Å². The van der Waals surface area contributed by atoms with Crippen molar-refractivity contribution in [3.05, 3.63) is 65.0 Å². The van der Waals surface area contributed by atoms with Crippen LogP contribution in [0.4, 0.5) is 4.39 Å². The van der Waals surface area contributed by atoms with E-state index >= 15 is 4.39 Å². The third-order valence-electron chi connectivity index (χ3n) is 7.77. The largest absolute Gasteiger partial charge is 0.367 e. The van der Waals surface area contributed by atoms with Crippen molar-refractivity contribution >= 4 is 12.0 Å². The van der Waals surface area contributed by atoms with Gasteiger partial charge in [-0.3, -0.25) is 4.79 Å². The molecule has 0 bridgehead atoms. The molecule has 0 saturated carbocycles. The Labute approximate surface area is 212 Å². The third-order valence-corrected chi connectivity index (χ3v) is 7.77. The molecule has 5 rings (SSSR count). The molecule has 2 aliphatic heterocycles. The standard InChI is InChI=1S/C29H33FN4O2/c1-34-12-9-29(10-13-34)8-7-20-3-4-21(16-25(20)29)22-5-6-23(26(30)17-22)15-24(18-31)33-28(35)27-19-32-11-2-14-36-27/h3-8,16-17,24,27,32H,2,9-15,19H2,1H3,(H,33,35)/t24-,27-/m0/s1. The van der Waals surface area contributed by atoms with Crippen molar-refractivity contribution < 1.29 is 13.9 Å². The molecule has 1 spiro atoms. The number of piperidine rings is 1. The summed E-state index contributed by atoms with van der Waals surface area (Å²) in [5.74, 6) is -0.718. The molecule has 1 aliphatic carbocycles. The van der Waals surface area contributed by atoms with Crippen molar-refractivity contribution in [2.45, 2.75) is 43.2 Å². The average Bonchev–Trinajstić information content (AvgIpc) is 3.05. The summed E-state index contributed by atoms with van der Waals surface area (Å²) in [4.78, 5) is 14.9. The fourth-order valence-electron chi connectivity index (χ4n) is 5.49. The number of amides is 1. The predicted octanol–water partition coefficient (Wildman–Crippen LogP) is 3.41. The highest BCUT2D eigenvalue weighted by Gasteiger charge is 2.37. The van der Waals surface area contributed by atoms with Gasteiger partial charge in [-0.15, -0.1) is 0 Å². The first-order valence-electron chi connectivity index (χ1n) is 12.8. The van der Waals surface area contributed by atoms with Crippen molar-refractivity contribution in [3.8, 4) is 17.2 Å². The Hall–Kier alpha value is -3.05. The van der Waals surface area contributed by atoms with Gasteiger partial charge < -0.3 is 20.3 Å². The van der Waals surface area contributed by atoms with Crippen LogP contribution in [0.3, 0.4) is 0 Å². The molecule has 2 saturated heterocycles. The molecule has 188 valence electrons. The van der Waals surface area contributed by atoms with E-state index in [-0.39, 0.29) is 23.6 Å². The summed E-state index contributed by atoms with van der Waals surface area (Å²) in [6, 6.07) is 12.8. The van der Waals surface area contributed by atoms with Crippen LogP contribution in [0.2, 0.25) is 0 Å². The Morgan fingerprint density at radius 1 is 1.28 bits per heavy atom. The maximum atomic E-state index is 15.2. The number of allylic oxidation sites excluding steroid dienone is 1. The molecule has 2 N–H and O–H groups in total. The van der Waals surface area contributed by atoms with E-state index in [2.05, 4.69) is 52.9 Å². The molecular weight excluding hydrogens is 455 g/mol. The summed E-state index contributed by atoms with van der Waals surface area (Å²) < 4.78 is 20.7. The van der Waals surface area contributed by atoms with Gasteiger partial charge in [0.15, 0.2) is 0 Å². The number of nitrogens with one attached hydrogen (secondary N) is 2. The van der Waals surface area contributed by atoms with Crippen LogP contribution < -0.4 is 10.6 Å². The van der Waals surface area contributed by atoms with Crippen molar-refractivity contribution in [1.29, 1.82) is 5.26 Å². The van der Waals surface area contributed by atoms with Gasteiger partial charge in [0.2, 0.25) is 0 Å². The SMILES string of the molecule is CN1CCC2(C=Cc3ccc(-c4ccc(C[C@@H](C#N)NC(=O)[C@@H]5CNCCCO5)c(F)c4)cc32)CC1. The van der Waals surface area contributed by atoms with Crippen LogP contribution in [-0.4, -0.2) is 62.8 Å². The molecule has 2 aromatic rings. The highest BCUT2D eigenvalue weighted by atomic mass is 19.1. The molecule has 0 unspecified atom stereocenters. The Morgan fingerprint density at radius 2 is 2.06 bits per heavy atom. The van der Waals surface area contributed by atoms with Gasteiger partial charge in [0.1, 0.15) is 18.0 Å². The highest BCUT2D eigenvalue weighted by Crippen LogP contribution is 2.44. The lowest BCUT2D eigenvalue weighted by Crippen LogP contribution is -2.46. The minimum Gasteiger partial charge on any atom is -0.367 e. The smallest absolute Gasteiger partial charge is 0.251 e. The number of hydrogen-bond donors (Lipinski definition) is 2. The first kappa shape index (κ1) is 24.6. The van der Waals surface area contributed by atoms with Gasteiger partial charge >= 0.3 is 0 Å². The number of carbonyl (C=O) groups excluding carboxylic acids is 1. The van der Waals surface area contributed by atoms with Gasteiger partial charge in [0, 0.05) is 25.0 Å². The summed E-state index contributed by atoms with van der Waals surface area (Å²) in [6.07, 6.45) is 7.05. The quantitative estimate of drug-likeness (QED) is 0.675. The first-order chi connectivity index (χ1) is 17.5. The lowest BCUT2D eigenvalue weighted by molar-refractivity contribution is -0.132. The van der Waals surface area contributed by atoms with Crippen molar-refractivity contribution in [1.82, 2.24) is 15.5 Å². The molecule has 2 fully saturated rings. The number of fused-ring (bicyclic) bond motifs is 2. The molecule has 0 radical (unpaired) electrons. The molecule has 2 atom stereocenters. The summed E-state index contributed by atoms with van der Waals surface area (Å²) >= 11 is 0. The Kier molecular flexibility index (Phi) is 7.20. The number of nitriles is 1. The van der Waals surface area contributed by atoms with Crippen LogP contribution in [0.25, 0.3) is 17.2 Å². The normalized spacial score (nSPS) is 22.0. The minimum atomic E-state index is -0.833. The van der Waals surface area contributed by atoms with E-state index in [1.807, 2.05) is 12.1 Å². The van der Waals surface area contributed by atoms with E-state index in [0.29, 0.717) is 18.7 Å². The molecule has 3 aliphatic rings. The van der Waals surface area contributed by atoms with E-state index in [1.165, 1.54) is 17.2 Å². The van der Waals surface area contributed by atoms with Crippen LogP contribution in [0.5, 0.6) is 0 Å². The van der Waals surface area contributed by atoms with E-state index in [4.69, 9.17) is 4.74 Å². The number of hydrogen-bond acceptors (Lipinski definition) is 5. The number of likely N-dealkylation sites (tertiary alicyclic amines) is 1. The zero-order valence-corrected chi connectivity index (χ0v) is 20.7. The van der Waals surface area contributed by atoms with Gasteiger partial charge in [-0.25, -0.2) is 4.39 Å². The van der Waals surface area contributed by atoms with Crippen molar-refractivity contribution in [2.24, 2.45) is 0 Å². The highest BCUT2D eigenvalue weighted by molar-refractivity contribution is 5.81. The average molecular weight is 489 g/mol. The van der Waals surface area contributed by atoms with E-state index in [9.17, 15) is 10.1 Å². The van der Waals surface area contributed by atoms with Gasteiger partial charge in [-0.2, -0.15) is 5.26 Å². The van der Waals surface area contributed by atoms with E-state index in [1.54, 1.807) is 6.07 Å². The molecular formula is C29H33FN4O2. The summed E-state index contributed by atoms with van der Waals surface area (Å²) in [7, 11) is 2.16. The zero-order valence-electron chi connectivity index (χ0n) is 20.7. The van der Waals surface area contributed by atoms with Crippen LogP contribution in [0.15, 0.2) is 42.5 Å². The third kappa shape index (κ3) is 5.08. The lowest BCUT2D eigenvalue weighted by Gasteiger charge is -2.37. The number of carbonyl (C=O) groups is 1.